The molecule has 1 saturated carbocycles. The van der Waals surface area contributed by atoms with E-state index in [0.717, 1.165) is 48.6 Å². The van der Waals surface area contributed by atoms with E-state index < -0.39 is 31.8 Å². The Kier molecular flexibility index (Phi) is 7.01. The molecule has 10 heteroatoms. The zero-order chi connectivity index (χ0) is 29.6. The number of alkyl halides is 3. The minimum atomic E-state index is -4.36. The highest BCUT2D eigenvalue weighted by Gasteiger charge is 2.60. The first-order chi connectivity index (χ1) is 19.0. The highest BCUT2D eigenvalue weighted by molar-refractivity contribution is 6.74. The van der Waals surface area contributed by atoms with Crippen LogP contribution in [0.4, 0.5) is 13.2 Å². The molecular formula is C31H41ClF3NO4Si. The van der Waals surface area contributed by atoms with Gasteiger partial charge in [-0.25, -0.2) is 4.98 Å². The molecule has 0 radical (unpaired) electrons. The Balaban J connectivity index is 1.53. The highest BCUT2D eigenvalue weighted by atomic mass is 35.5. The van der Waals surface area contributed by atoms with Gasteiger partial charge in [0.15, 0.2) is 8.32 Å². The molecule has 2 fully saturated rings. The zero-order valence-corrected chi connectivity index (χ0v) is 26.3. The van der Waals surface area contributed by atoms with Crippen molar-refractivity contribution in [3.63, 3.8) is 0 Å². The summed E-state index contributed by atoms with van der Waals surface area (Å²) >= 11 is 6.98. The molecule has 3 heterocycles. The summed E-state index contributed by atoms with van der Waals surface area (Å²) < 4.78 is 60.0. The maximum atomic E-state index is 13.4. The topological polar surface area (TPSA) is 60.8 Å². The van der Waals surface area contributed by atoms with Crippen molar-refractivity contribution in [1.82, 2.24) is 4.98 Å². The summed E-state index contributed by atoms with van der Waals surface area (Å²) in [6.45, 7) is 12.1. The fourth-order valence-corrected chi connectivity index (χ4v) is 8.84. The zero-order valence-electron chi connectivity index (χ0n) is 24.6. The highest BCUT2D eigenvalue weighted by Crippen LogP contribution is 2.63. The molecule has 1 aromatic rings. The predicted octanol–water partition coefficient (Wildman–Crippen LogP) is 8.16. The lowest BCUT2D eigenvalue weighted by Crippen LogP contribution is -2.46. The number of halogens is 4. The minimum Gasteiger partial charge on any atom is -0.410 e. The number of hydrogen-bond donors (Lipinski definition) is 1. The van der Waals surface area contributed by atoms with Crippen LogP contribution < -0.4 is 0 Å². The van der Waals surface area contributed by atoms with Gasteiger partial charge in [0, 0.05) is 48.4 Å². The van der Waals surface area contributed by atoms with E-state index in [-0.39, 0.29) is 33.7 Å². The Morgan fingerprint density at radius 3 is 2.32 bits per heavy atom. The lowest BCUT2D eigenvalue weighted by atomic mass is 9.59. The molecule has 2 aliphatic heterocycles. The number of hydrogen-bond acceptors (Lipinski definition) is 5. The van der Waals surface area contributed by atoms with Gasteiger partial charge in [0.05, 0.1) is 17.6 Å². The fraction of sp³-hybridized carbons (Fsp3) is 0.710. The van der Waals surface area contributed by atoms with E-state index >= 15 is 0 Å². The van der Waals surface area contributed by atoms with Crippen LogP contribution in [0.25, 0.3) is 0 Å². The van der Waals surface area contributed by atoms with Crippen LogP contribution in [0.1, 0.15) is 94.2 Å². The van der Waals surface area contributed by atoms with Gasteiger partial charge in [-0.15, -0.1) is 0 Å². The Hall–Kier alpha value is -1.23. The van der Waals surface area contributed by atoms with Crippen LogP contribution in [0.2, 0.25) is 23.3 Å². The molecule has 0 aromatic carbocycles. The van der Waals surface area contributed by atoms with E-state index in [4.69, 9.17) is 30.5 Å². The van der Waals surface area contributed by atoms with Gasteiger partial charge in [-0.2, -0.15) is 13.2 Å². The number of allylic oxidation sites excluding steroid dienone is 2. The Morgan fingerprint density at radius 2 is 1.78 bits per heavy atom. The van der Waals surface area contributed by atoms with Crippen LogP contribution in [0.5, 0.6) is 0 Å². The van der Waals surface area contributed by atoms with Crippen LogP contribution in [-0.2, 0) is 31.7 Å². The van der Waals surface area contributed by atoms with E-state index in [1.54, 1.807) is 0 Å². The number of nitrogens with zero attached hydrogens (tertiary/aromatic N) is 1. The lowest BCUT2D eigenvalue weighted by molar-refractivity contribution is -0.252. The summed E-state index contributed by atoms with van der Waals surface area (Å²) in [4.78, 5) is 4.93. The Morgan fingerprint density at radius 1 is 1.10 bits per heavy atom. The summed E-state index contributed by atoms with van der Waals surface area (Å²) in [6.07, 6.45) is 5.11. The third-order valence-corrected chi connectivity index (χ3v) is 15.5. The molecule has 0 bridgehead atoms. The normalized spacial score (nSPS) is 30.6. The SMILES string of the molecule is CC(C)(C)[Si](C)(C)OC1CC2(CCC2)Cc2nc(Cl)c3c(c21)C1(CCOCC1)OC3(O)C1=CCC(C(F)(F)F)C=C1. The first-order valence-corrected chi connectivity index (χ1v) is 18.2. The summed E-state index contributed by atoms with van der Waals surface area (Å²) in [7, 11) is -2.23. The Bertz CT molecular complexity index is 1290. The number of pyridine rings is 1. The second kappa shape index (κ2) is 9.63. The average molecular weight is 612 g/mol. The van der Waals surface area contributed by atoms with Crippen LogP contribution in [0.3, 0.4) is 0 Å². The molecule has 1 aromatic heterocycles. The number of rotatable bonds is 3. The van der Waals surface area contributed by atoms with Gasteiger partial charge < -0.3 is 19.0 Å². The molecule has 1 N–H and O–H groups in total. The smallest absolute Gasteiger partial charge is 0.395 e. The second-order valence-electron chi connectivity index (χ2n) is 14.4. The minimum absolute atomic E-state index is 0.0132. The summed E-state index contributed by atoms with van der Waals surface area (Å²) in [6, 6.07) is 0. The third-order valence-electron chi connectivity index (χ3n) is 10.8. The van der Waals surface area contributed by atoms with E-state index in [1.165, 1.54) is 18.6 Å². The number of aliphatic hydroxyl groups is 1. The standard InChI is InChI=1S/C31H41ClF3NO4Si/c1-27(2,3)41(4,5)39-22-18-28(11-6-12-28)17-21-23(22)24-25(26(32)36-21)30(37,40-29(24)13-15-38-16-14-29)19-7-9-20(10-8-19)31(33,34)35/h7-9,20,22,37H,6,10-18H2,1-5H3. The number of ether oxygens (including phenoxy) is 2. The lowest BCUT2D eigenvalue weighted by Gasteiger charge is -2.51. The maximum Gasteiger partial charge on any atom is 0.395 e. The van der Waals surface area contributed by atoms with Crippen LogP contribution in [0.15, 0.2) is 23.8 Å². The number of aromatic nitrogens is 1. The van der Waals surface area contributed by atoms with E-state index in [1.807, 2.05) is 0 Å². The molecule has 6 rings (SSSR count). The van der Waals surface area contributed by atoms with Crippen LogP contribution in [-0.4, -0.2) is 37.8 Å². The van der Waals surface area contributed by atoms with Gasteiger partial charge >= 0.3 is 6.18 Å². The molecule has 5 aliphatic rings. The molecule has 226 valence electrons. The quantitative estimate of drug-likeness (QED) is 0.276. The molecule has 3 unspecified atom stereocenters. The van der Waals surface area contributed by atoms with Crippen molar-refractivity contribution in [2.75, 3.05) is 13.2 Å². The largest absolute Gasteiger partial charge is 0.410 e. The fourth-order valence-electron chi connectivity index (χ4n) is 7.25. The van der Waals surface area contributed by atoms with Gasteiger partial charge in [0.1, 0.15) is 10.8 Å². The molecule has 1 saturated heterocycles. The van der Waals surface area contributed by atoms with Gasteiger partial charge in [0.2, 0.25) is 5.79 Å². The van der Waals surface area contributed by atoms with Crippen LogP contribution in [0, 0.1) is 11.3 Å². The van der Waals surface area contributed by atoms with Gasteiger partial charge in [-0.3, -0.25) is 0 Å². The molecule has 3 atom stereocenters. The van der Waals surface area contributed by atoms with Gasteiger partial charge in [0.25, 0.3) is 0 Å². The first kappa shape index (κ1) is 29.8. The van der Waals surface area contributed by atoms with Crippen molar-refractivity contribution in [3.8, 4) is 0 Å². The van der Waals surface area contributed by atoms with Crippen molar-refractivity contribution in [2.45, 2.75) is 114 Å². The summed E-state index contributed by atoms with van der Waals surface area (Å²) in [5.41, 5.74) is 2.54. The predicted molar refractivity (Wildman–Crippen MR) is 153 cm³/mol. The second-order valence-corrected chi connectivity index (χ2v) is 19.5. The van der Waals surface area contributed by atoms with Crippen molar-refractivity contribution in [3.05, 3.63) is 51.3 Å². The average Bonchev–Trinajstić information content (AvgIpc) is 3.11. The van der Waals surface area contributed by atoms with Crippen molar-refractivity contribution >= 4 is 19.9 Å². The van der Waals surface area contributed by atoms with Crippen molar-refractivity contribution in [1.29, 1.82) is 0 Å². The molecule has 41 heavy (non-hydrogen) atoms. The molecular weight excluding hydrogens is 571 g/mol. The monoisotopic (exact) mass is 611 g/mol. The van der Waals surface area contributed by atoms with Crippen molar-refractivity contribution in [2.24, 2.45) is 11.3 Å². The molecule has 3 aliphatic carbocycles. The third kappa shape index (κ3) is 4.77. The molecule has 2 spiro atoms. The van der Waals surface area contributed by atoms with Gasteiger partial charge in [-0.1, -0.05) is 57.0 Å². The van der Waals surface area contributed by atoms with Crippen molar-refractivity contribution < 1.29 is 32.2 Å². The molecule has 5 nitrogen and oxygen atoms in total. The first-order valence-electron chi connectivity index (χ1n) is 14.9. The number of fused-ring (bicyclic) bond motifs is 4. The van der Waals surface area contributed by atoms with E-state index in [9.17, 15) is 18.3 Å². The van der Waals surface area contributed by atoms with E-state index in [0.29, 0.717) is 31.6 Å². The molecule has 0 amide bonds. The van der Waals surface area contributed by atoms with E-state index in [2.05, 4.69) is 33.9 Å². The van der Waals surface area contributed by atoms with Crippen LogP contribution >= 0.6 is 11.6 Å². The summed E-state index contributed by atoms with van der Waals surface area (Å²) in [5.74, 6) is -3.63. The Labute approximate surface area is 246 Å². The summed E-state index contributed by atoms with van der Waals surface area (Å²) in [5, 5.41) is 12.5. The maximum absolute atomic E-state index is 13.4. The van der Waals surface area contributed by atoms with Gasteiger partial charge in [-0.05, 0) is 55.7 Å².